The van der Waals surface area contributed by atoms with Crippen molar-refractivity contribution in [2.24, 2.45) is 5.73 Å². The first-order valence-corrected chi connectivity index (χ1v) is 8.69. The molecule has 5 nitrogen and oxygen atoms in total. The van der Waals surface area contributed by atoms with E-state index < -0.39 is 0 Å². The summed E-state index contributed by atoms with van der Waals surface area (Å²) in [5.74, 6) is 0.866. The first-order chi connectivity index (χ1) is 11.7. The van der Waals surface area contributed by atoms with Crippen LogP contribution in [-0.4, -0.2) is 26.7 Å². The summed E-state index contributed by atoms with van der Waals surface area (Å²) in [7, 11) is 0. The van der Waals surface area contributed by atoms with Gasteiger partial charge in [0.15, 0.2) is 5.65 Å². The summed E-state index contributed by atoms with van der Waals surface area (Å²) in [4.78, 5) is 4.77. The smallest absolute Gasteiger partial charge is 0.165 e. The van der Waals surface area contributed by atoms with Crippen LogP contribution in [0.5, 0.6) is 0 Å². The Morgan fingerprint density at radius 3 is 3.00 bits per heavy atom. The van der Waals surface area contributed by atoms with Crippen molar-refractivity contribution in [1.82, 2.24) is 14.6 Å². The first-order valence-electron chi connectivity index (χ1n) is 8.31. The summed E-state index contributed by atoms with van der Waals surface area (Å²) < 4.78 is 1.79. The highest BCUT2D eigenvalue weighted by Crippen LogP contribution is 2.27. The SMILES string of the molecule is NC1CCCC(Nc2ccn3ncc(-c4cccc(Cl)c4)c3n2)C1. The minimum atomic E-state index is 0.289. The van der Waals surface area contributed by atoms with Gasteiger partial charge in [-0.05, 0) is 49.4 Å². The number of rotatable bonds is 3. The molecular weight excluding hydrogens is 322 g/mol. The molecule has 2 atom stereocenters. The normalized spacial score (nSPS) is 21.1. The molecule has 1 fully saturated rings. The number of anilines is 1. The minimum absolute atomic E-state index is 0.289. The van der Waals surface area contributed by atoms with Gasteiger partial charge in [-0.25, -0.2) is 9.50 Å². The molecule has 1 aliphatic rings. The zero-order valence-corrected chi connectivity index (χ0v) is 14.1. The predicted octanol–water partition coefficient (Wildman–Crippen LogP) is 3.73. The van der Waals surface area contributed by atoms with Gasteiger partial charge < -0.3 is 11.1 Å². The van der Waals surface area contributed by atoms with Crippen LogP contribution in [0.1, 0.15) is 25.7 Å². The molecule has 0 radical (unpaired) electrons. The van der Waals surface area contributed by atoms with Crippen molar-refractivity contribution in [3.8, 4) is 11.1 Å². The Bertz CT molecular complexity index is 859. The fourth-order valence-electron chi connectivity index (χ4n) is 3.38. The Hall–Kier alpha value is -2.11. The molecule has 2 heterocycles. The predicted molar refractivity (Wildman–Crippen MR) is 97.3 cm³/mol. The maximum atomic E-state index is 6.11. The van der Waals surface area contributed by atoms with Crippen LogP contribution in [0.4, 0.5) is 5.82 Å². The van der Waals surface area contributed by atoms with Crippen LogP contribution in [-0.2, 0) is 0 Å². The second-order valence-corrected chi connectivity index (χ2v) is 6.85. The zero-order chi connectivity index (χ0) is 16.5. The van der Waals surface area contributed by atoms with Gasteiger partial charge in [-0.15, -0.1) is 0 Å². The third-order valence-corrected chi connectivity index (χ3v) is 4.81. The van der Waals surface area contributed by atoms with Crippen molar-refractivity contribution in [3.63, 3.8) is 0 Å². The number of hydrogen-bond donors (Lipinski definition) is 2. The van der Waals surface area contributed by atoms with Crippen LogP contribution >= 0.6 is 11.6 Å². The Balaban J connectivity index is 1.66. The lowest BCUT2D eigenvalue weighted by Crippen LogP contribution is -2.35. The highest BCUT2D eigenvalue weighted by atomic mass is 35.5. The molecule has 2 aromatic heterocycles. The minimum Gasteiger partial charge on any atom is -0.367 e. The van der Waals surface area contributed by atoms with Gasteiger partial charge in [-0.3, -0.25) is 0 Å². The van der Waals surface area contributed by atoms with Gasteiger partial charge in [-0.1, -0.05) is 23.7 Å². The second kappa shape index (κ2) is 6.42. The molecule has 0 saturated heterocycles. The lowest BCUT2D eigenvalue weighted by Gasteiger charge is -2.27. The number of benzene rings is 1. The van der Waals surface area contributed by atoms with Crippen LogP contribution in [0, 0.1) is 0 Å². The fourth-order valence-corrected chi connectivity index (χ4v) is 3.57. The molecule has 1 aliphatic carbocycles. The summed E-state index contributed by atoms with van der Waals surface area (Å²) >= 11 is 6.11. The third kappa shape index (κ3) is 3.09. The lowest BCUT2D eigenvalue weighted by atomic mass is 9.92. The van der Waals surface area contributed by atoms with E-state index in [0.717, 1.165) is 41.9 Å². The van der Waals surface area contributed by atoms with Gasteiger partial charge in [0.25, 0.3) is 0 Å². The van der Waals surface area contributed by atoms with E-state index in [-0.39, 0.29) is 6.04 Å². The van der Waals surface area contributed by atoms with E-state index >= 15 is 0 Å². The zero-order valence-electron chi connectivity index (χ0n) is 13.3. The highest BCUT2D eigenvalue weighted by molar-refractivity contribution is 6.30. The maximum Gasteiger partial charge on any atom is 0.165 e. The highest BCUT2D eigenvalue weighted by Gasteiger charge is 2.19. The summed E-state index contributed by atoms with van der Waals surface area (Å²) in [6, 6.07) is 10.4. The fraction of sp³-hybridized carbons (Fsp3) is 0.333. The van der Waals surface area contributed by atoms with E-state index in [1.165, 1.54) is 6.42 Å². The van der Waals surface area contributed by atoms with Crippen molar-refractivity contribution in [3.05, 3.63) is 47.7 Å². The topological polar surface area (TPSA) is 68.2 Å². The van der Waals surface area contributed by atoms with E-state index in [2.05, 4.69) is 10.4 Å². The number of halogens is 1. The average Bonchev–Trinajstić information content (AvgIpc) is 2.98. The first kappa shape index (κ1) is 15.4. The molecule has 1 saturated carbocycles. The van der Waals surface area contributed by atoms with E-state index in [1.54, 1.807) is 4.52 Å². The summed E-state index contributed by atoms with van der Waals surface area (Å²) in [6.45, 7) is 0. The number of nitrogens with zero attached hydrogens (tertiary/aromatic N) is 3. The van der Waals surface area contributed by atoms with E-state index in [0.29, 0.717) is 11.1 Å². The molecule has 0 aliphatic heterocycles. The van der Waals surface area contributed by atoms with Crippen molar-refractivity contribution in [2.45, 2.75) is 37.8 Å². The van der Waals surface area contributed by atoms with E-state index in [4.69, 9.17) is 22.3 Å². The molecule has 3 aromatic rings. The Kier molecular flexibility index (Phi) is 4.12. The molecule has 1 aromatic carbocycles. The van der Waals surface area contributed by atoms with Crippen molar-refractivity contribution >= 4 is 23.1 Å². The largest absolute Gasteiger partial charge is 0.367 e. The van der Waals surface area contributed by atoms with Gasteiger partial charge in [0.2, 0.25) is 0 Å². The Morgan fingerprint density at radius 2 is 2.17 bits per heavy atom. The van der Waals surface area contributed by atoms with Gasteiger partial charge in [-0.2, -0.15) is 5.10 Å². The monoisotopic (exact) mass is 341 g/mol. The molecule has 2 unspecified atom stereocenters. The lowest BCUT2D eigenvalue weighted by molar-refractivity contribution is 0.409. The van der Waals surface area contributed by atoms with E-state index in [9.17, 15) is 0 Å². The van der Waals surface area contributed by atoms with Gasteiger partial charge >= 0.3 is 0 Å². The third-order valence-electron chi connectivity index (χ3n) is 4.57. The quantitative estimate of drug-likeness (QED) is 0.761. The van der Waals surface area contributed by atoms with Gasteiger partial charge in [0.1, 0.15) is 5.82 Å². The van der Waals surface area contributed by atoms with Gasteiger partial charge in [0.05, 0.1) is 6.20 Å². The van der Waals surface area contributed by atoms with Crippen LogP contribution in [0.25, 0.3) is 16.8 Å². The maximum absolute atomic E-state index is 6.11. The van der Waals surface area contributed by atoms with Crippen LogP contribution < -0.4 is 11.1 Å². The van der Waals surface area contributed by atoms with Crippen molar-refractivity contribution in [2.75, 3.05) is 5.32 Å². The molecule has 3 N–H and O–H groups in total. The van der Waals surface area contributed by atoms with Crippen molar-refractivity contribution < 1.29 is 0 Å². The Labute approximate surface area is 145 Å². The summed E-state index contributed by atoms with van der Waals surface area (Å²) in [6.07, 6.45) is 8.18. The molecule has 6 heteroatoms. The summed E-state index contributed by atoms with van der Waals surface area (Å²) in [5.41, 5.74) is 8.89. The molecule has 24 heavy (non-hydrogen) atoms. The van der Waals surface area contributed by atoms with E-state index in [1.807, 2.05) is 42.7 Å². The average molecular weight is 342 g/mol. The molecule has 124 valence electrons. The second-order valence-electron chi connectivity index (χ2n) is 6.42. The molecule has 0 bridgehead atoms. The van der Waals surface area contributed by atoms with Crippen LogP contribution in [0.2, 0.25) is 5.02 Å². The number of fused-ring (bicyclic) bond motifs is 1. The molecular formula is C18H20ClN5. The Morgan fingerprint density at radius 1 is 1.25 bits per heavy atom. The standard InChI is InChI=1S/C18H20ClN5/c19-13-4-1-3-12(9-13)16-11-21-24-8-7-17(23-18(16)24)22-15-6-2-5-14(20)10-15/h1,3-4,7-9,11,14-15H,2,5-6,10,20H2,(H,22,23). The molecule has 4 rings (SSSR count). The number of nitrogens with two attached hydrogens (primary N) is 1. The number of aromatic nitrogens is 3. The summed E-state index contributed by atoms with van der Waals surface area (Å²) in [5, 5.41) is 8.62. The number of hydrogen-bond acceptors (Lipinski definition) is 4. The van der Waals surface area contributed by atoms with Crippen LogP contribution in [0.3, 0.4) is 0 Å². The molecule has 0 spiro atoms. The number of nitrogens with one attached hydrogen (secondary N) is 1. The van der Waals surface area contributed by atoms with Crippen LogP contribution in [0.15, 0.2) is 42.7 Å². The van der Waals surface area contributed by atoms with Crippen molar-refractivity contribution in [1.29, 1.82) is 0 Å². The van der Waals surface area contributed by atoms with Gasteiger partial charge in [0, 0.05) is 28.9 Å². The molecule has 0 amide bonds.